The maximum absolute atomic E-state index is 12.2. The molecular formula is C19H24N4O2S. The van der Waals surface area contributed by atoms with Crippen molar-refractivity contribution in [2.24, 2.45) is 0 Å². The van der Waals surface area contributed by atoms with Crippen LogP contribution in [0.1, 0.15) is 15.2 Å². The standard InChI is InChI=1S/C19H24N4O2S/c24-18(16-5-2-1-3-6-16)20-8-9-21-19(25)23-12-10-22(11-13-23)15-17-7-4-14-26-17/h1-7,14H,8-13,15H2,(H,20,24)(H,21,25). The fraction of sp³-hybridized carbons (Fsp3) is 0.368. The molecule has 6 nitrogen and oxygen atoms in total. The summed E-state index contributed by atoms with van der Waals surface area (Å²) in [6.45, 7) is 5.02. The van der Waals surface area contributed by atoms with Crippen LogP contribution in [0.3, 0.4) is 0 Å². The van der Waals surface area contributed by atoms with E-state index in [1.165, 1.54) is 4.88 Å². The molecule has 0 atom stereocenters. The largest absolute Gasteiger partial charge is 0.350 e. The molecule has 1 aromatic heterocycles. The highest BCUT2D eigenvalue weighted by molar-refractivity contribution is 7.09. The molecule has 7 heteroatoms. The molecule has 0 saturated carbocycles. The Bertz CT molecular complexity index is 698. The Morgan fingerprint density at radius 2 is 1.65 bits per heavy atom. The summed E-state index contributed by atoms with van der Waals surface area (Å²) in [5.74, 6) is -0.123. The number of piperazine rings is 1. The van der Waals surface area contributed by atoms with Gasteiger partial charge in [-0.3, -0.25) is 9.69 Å². The molecule has 1 fully saturated rings. The van der Waals surface area contributed by atoms with Gasteiger partial charge in [0.15, 0.2) is 0 Å². The van der Waals surface area contributed by atoms with E-state index in [0.717, 1.165) is 32.7 Å². The van der Waals surface area contributed by atoms with Crippen molar-refractivity contribution in [3.63, 3.8) is 0 Å². The summed E-state index contributed by atoms with van der Waals surface area (Å²) in [5, 5.41) is 7.78. The lowest BCUT2D eigenvalue weighted by Crippen LogP contribution is -2.52. The predicted octanol–water partition coefficient (Wildman–Crippen LogP) is 2.01. The number of carbonyl (C=O) groups is 2. The van der Waals surface area contributed by atoms with Gasteiger partial charge in [-0.05, 0) is 23.6 Å². The van der Waals surface area contributed by atoms with Crippen molar-refractivity contribution in [3.8, 4) is 0 Å². The fourth-order valence-corrected chi connectivity index (χ4v) is 3.63. The molecule has 0 unspecified atom stereocenters. The van der Waals surface area contributed by atoms with Gasteiger partial charge in [0.25, 0.3) is 5.91 Å². The first kappa shape index (κ1) is 18.4. The summed E-state index contributed by atoms with van der Waals surface area (Å²) >= 11 is 1.77. The van der Waals surface area contributed by atoms with E-state index in [1.807, 2.05) is 23.1 Å². The molecule has 0 spiro atoms. The summed E-state index contributed by atoms with van der Waals surface area (Å²) in [4.78, 5) is 29.7. The average Bonchev–Trinajstić information content (AvgIpc) is 3.19. The number of rotatable bonds is 6. The zero-order chi connectivity index (χ0) is 18.2. The first-order valence-electron chi connectivity index (χ1n) is 8.83. The molecule has 2 aromatic rings. The molecule has 26 heavy (non-hydrogen) atoms. The summed E-state index contributed by atoms with van der Waals surface area (Å²) in [6, 6.07) is 13.2. The number of amides is 3. The number of hydrogen-bond acceptors (Lipinski definition) is 4. The molecule has 2 N–H and O–H groups in total. The van der Waals surface area contributed by atoms with Crippen molar-refractivity contribution in [1.82, 2.24) is 20.4 Å². The van der Waals surface area contributed by atoms with E-state index >= 15 is 0 Å². The summed E-state index contributed by atoms with van der Waals surface area (Å²) < 4.78 is 0. The van der Waals surface area contributed by atoms with Gasteiger partial charge in [0, 0.05) is 56.3 Å². The number of urea groups is 1. The normalized spacial score (nSPS) is 14.8. The summed E-state index contributed by atoms with van der Waals surface area (Å²) in [5.41, 5.74) is 0.626. The topological polar surface area (TPSA) is 64.7 Å². The van der Waals surface area contributed by atoms with Crippen molar-refractivity contribution in [2.75, 3.05) is 39.3 Å². The molecule has 2 heterocycles. The highest BCUT2D eigenvalue weighted by Crippen LogP contribution is 2.13. The zero-order valence-electron chi connectivity index (χ0n) is 14.7. The fourth-order valence-electron chi connectivity index (χ4n) is 2.88. The number of nitrogens with zero attached hydrogens (tertiary/aromatic N) is 2. The number of nitrogens with one attached hydrogen (secondary N) is 2. The smallest absolute Gasteiger partial charge is 0.317 e. The third-order valence-corrected chi connectivity index (χ3v) is 5.20. The van der Waals surface area contributed by atoms with E-state index in [0.29, 0.717) is 18.7 Å². The van der Waals surface area contributed by atoms with Crippen LogP contribution in [0.5, 0.6) is 0 Å². The van der Waals surface area contributed by atoms with Gasteiger partial charge >= 0.3 is 6.03 Å². The van der Waals surface area contributed by atoms with Gasteiger partial charge in [-0.2, -0.15) is 0 Å². The monoisotopic (exact) mass is 372 g/mol. The lowest BCUT2D eigenvalue weighted by molar-refractivity contribution is 0.0953. The molecule has 0 radical (unpaired) electrons. The van der Waals surface area contributed by atoms with Crippen molar-refractivity contribution in [3.05, 3.63) is 58.3 Å². The molecule has 3 rings (SSSR count). The number of thiophene rings is 1. The van der Waals surface area contributed by atoms with E-state index in [-0.39, 0.29) is 11.9 Å². The van der Waals surface area contributed by atoms with Gasteiger partial charge in [-0.1, -0.05) is 24.3 Å². The first-order valence-corrected chi connectivity index (χ1v) is 9.71. The van der Waals surface area contributed by atoms with Gasteiger partial charge < -0.3 is 15.5 Å². The van der Waals surface area contributed by atoms with E-state index in [2.05, 4.69) is 33.0 Å². The Hall–Kier alpha value is -2.38. The Kier molecular flexibility index (Phi) is 6.62. The van der Waals surface area contributed by atoms with Gasteiger partial charge in [-0.25, -0.2) is 4.79 Å². The van der Waals surface area contributed by atoms with Gasteiger partial charge in [0.05, 0.1) is 0 Å². The van der Waals surface area contributed by atoms with E-state index in [4.69, 9.17) is 0 Å². The van der Waals surface area contributed by atoms with Gasteiger partial charge in [-0.15, -0.1) is 11.3 Å². The van der Waals surface area contributed by atoms with Crippen molar-refractivity contribution in [1.29, 1.82) is 0 Å². The van der Waals surface area contributed by atoms with Crippen LogP contribution < -0.4 is 10.6 Å². The van der Waals surface area contributed by atoms with E-state index < -0.39 is 0 Å². The van der Waals surface area contributed by atoms with Crippen molar-refractivity contribution < 1.29 is 9.59 Å². The molecule has 0 aliphatic carbocycles. The van der Waals surface area contributed by atoms with Crippen molar-refractivity contribution in [2.45, 2.75) is 6.54 Å². The third kappa shape index (κ3) is 5.31. The maximum atomic E-state index is 12.2. The van der Waals surface area contributed by atoms with Crippen LogP contribution in [-0.2, 0) is 6.54 Å². The number of benzene rings is 1. The Balaban J connectivity index is 1.31. The lowest BCUT2D eigenvalue weighted by Gasteiger charge is -2.34. The molecule has 1 aliphatic rings. The second kappa shape index (κ2) is 9.35. The molecular weight excluding hydrogens is 348 g/mol. The third-order valence-electron chi connectivity index (χ3n) is 4.34. The van der Waals surface area contributed by atoms with Gasteiger partial charge in [0.2, 0.25) is 0 Å². The summed E-state index contributed by atoms with van der Waals surface area (Å²) in [6.07, 6.45) is 0. The molecule has 1 aromatic carbocycles. The van der Waals surface area contributed by atoms with Crippen LogP contribution >= 0.6 is 11.3 Å². The van der Waals surface area contributed by atoms with Crippen LogP contribution in [-0.4, -0.2) is 61.0 Å². The van der Waals surface area contributed by atoms with E-state index in [9.17, 15) is 9.59 Å². The van der Waals surface area contributed by atoms with Gasteiger partial charge in [0.1, 0.15) is 0 Å². The van der Waals surface area contributed by atoms with Crippen molar-refractivity contribution >= 4 is 23.3 Å². The molecule has 0 bridgehead atoms. The highest BCUT2D eigenvalue weighted by atomic mass is 32.1. The minimum Gasteiger partial charge on any atom is -0.350 e. The average molecular weight is 372 g/mol. The second-order valence-electron chi connectivity index (χ2n) is 6.20. The van der Waals surface area contributed by atoms with Crippen LogP contribution in [0.4, 0.5) is 4.79 Å². The maximum Gasteiger partial charge on any atom is 0.317 e. The van der Waals surface area contributed by atoms with Crippen LogP contribution in [0.15, 0.2) is 47.8 Å². The lowest BCUT2D eigenvalue weighted by atomic mass is 10.2. The first-order chi connectivity index (χ1) is 12.7. The minimum atomic E-state index is -0.123. The predicted molar refractivity (Wildman–Crippen MR) is 103 cm³/mol. The highest BCUT2D eigenvalue weighted by Gasteiger charge is 2.20. The summed E-state index contributed by atoms with van der Waals surface area (Å²) in [7, 11) is 0. The van der Waals surface area contributed by atoms with Crippen LogP contribution in [0.25, 0.3) is 0 Å². The van der Waals surface area contributed by atoms with Crippen LogP contribution in [0.2, 0.25) is 0 Å². The molecule has 3 amide bonds. The number of hydrogen-bond donors (Lipinski definition) is 2. The second-order valence-corrected chi connectivity index (χ2v) is 7.23. The SMILES string of the molecule is O=C(NCCNC(=O)N1CCN(Cc2cccs2)CC1)c1ccccc1. The Morgan fingerprint density at radius 1 is 0.923 bits per heavy atom. The Morgan fingerprint density at radius 3 is 2.35 bits per heavy atom. The molecule has 1 saturated heterocycles. The Labute approximate surface area is 157 Å². The number of carbonyl (C=O) groups excluding carboxylic acids is 2. The minimum absolute atomic E-state index is 0.0604. The molecule has 138 valence electrons. The quantitative estimate of drug-likeness (QED) is 0.763. The van der Waals surface area contributed by atoms with E-state index in [1.54, 1.807) is 23.5 Å². The zero-order valence-corrected chi connectivity index (χ0v) is 15.5. The molecule has 1 aliphatic heterocycles. The van der Waals surface area contributed by atoms with Crippen LogP contribution in [0, 0.1) is 0 Å².